The van der Waals surface area contributed by atoms with E-state index in [0.29, 0.717) is 29.7 Å². The third kappa shape index (κ3) is 5.64. The number of thiazole rings is 1. The van der Waals surface area contributed by atoms with Gasteiger partial charge in [-0.15, -0.1) is 11.3 Å². The minimum Gasteiger partial charge on any atom is -0.493 e. The summed E-state index contributed by atoms with van der Waals surface area (Å²) >= 11 is 7.35. The Labute approximate surface area is 185 Å². The van der Waals surface area contributed by atoms with E-state index in [4.69, 9.17) is 25.8 Å². The highest BCUT2D eigenvalue weighted by Gasteiger charge is 2.14. The predicted molar refractivity (Wildman–Crippen MR) is 119 cm³/mol. The maximum Gasteiger partial charge on any atom is 0.228 e. The lowest BCUT2D eigenvalue weighted by molar-refractivity contribution is -0.129. The van der Waals surface area contributed by atoms with Crippen LogP contribution in [0.25, 0.3) is 10.6 Å². The summed E-state index contributed by atoms with van der Waals surface area (Å²) in [6.45, 7) is 0.881. The van der Waals surface area contributed by atoms with Crippen LogP contribution in [0.15, 0.2) is 47.8 Å². The van der Waals surface area contributed by atoms with Crippen LogP contribution < -0.4 is 14.2 Å². The van der Waals surface area contributed by atoms with E-state index in [-0.39, 0.29) is 12.3 Å². The van der Waals surface area contributed by atoms with Crippen LogP contribution in [0.2, 0.25) is 5.02 Å². The smallest absolute Gasteiger partial charge is 0.228 e. The molecule has 0 radical (unpaired) electrons. The van der Waals surface area contributed by atoms with Gasteiger partial charge in [-0.2, -0.15) is 0 Å². The summed E-state index contributed by atoms with van der Waals surface area (Å²) in [5.74, 6) is 2.01. The summed E-state index contributed by atoms with van der Waals surface area (Å²) in [4.78, 5) is 18.8. The molecular formula is C22H23ClN2O4S. The van der Waals surface area contributed by atoms with Gasteiger partial charge in [-0.05, 0) is 42.5 Å². The Morgan fingerprint density at radius 3 is 2.53 bits per heavy atom. The molecular weight excluding hydrogens is 424 g/mol. The predicted octanol–water partition coefficient (Wildman–Crippen LogP) is 4.56. The molecule has 0 spiro atoms. The van der Waals surface area contributed by atoms with Gasteiger partial charge in [0, 0.05) is 23.0 Å². The lowest BCUT2D eigenvalue weighted by Gasteiger charge is -2.17. The van der Waals surface area contributed by atoms with Crippen molar-refractivity contribution in [1.29, 1.82) is 0 Å². The van der Waals surface area contributed by atoms with Crippen molar-refractivity contribution in [3.8, 4) is 27.8 Å². The zero-order valence-corrected chi connectivity index (χ0v) is 18.6. The zero-order valence-electron chi connectivity index (χ0n) is 17.1. The summed E-state index contributed by atoms with van der Waals surface area (Å²) in [7, 11) is 4.96. The molecule has 30 heavy (non-hydrogen) atoms. The van der Waals surface area contributed by atoms with Crippen LogP contribution in [0.3, 0.4) is 0 Å². The van der Waals surface area contributed by atoms with Gasteiger partial charge in [0.25, 0.3) is 0 Å². The molecule has 3 aromatic rings. The van der Waals surface area contributed by atoms with E-state index in [0.717, 1.165) is 22.0 Å². The van der Waals surface area contributed by atoms with E-state index < -0.39 is 0 Å². The van der Waals surface area contributed by atoms with Crippen molar-refractivity contribution >= 4 is 28.8 Å². The molecule has 0 fully saturated rings. The van der Waals surface area contributed by atoms with Gasteiger partial charge in [0.1, 0.15) is 17.4 Å². The van der Waals surface area contributed by atoms with Crippen LogP contribution in [-0.2, 0) is 11.2 Å². The molecule has 6 nitrogen and oxygen atoms in total. The van der Waals surface area contributed by atoms with Gasteiger partial charge in [0.05, 0.1) is 32.9 Å². The third-order valence-electron chi connectivity index (χ3n) is 4.45. The number of hydrogen-bond acceptors (Lipinski definition) is 6. The number of carbonyl (C=O) groups excluding carboxylic acids is 1. The molecule has 0 bridgehead atoms. The zero-order chi connectivity index (χ0) is 21.5. The van der Waals surface area contributed by atoms with Crippen LogP contribution in [-0.4, -0.2) is 50.2 Å². The van der Waals surface area contributed by atoms with E-state index in [1.54, 1.807) is 50.4 Å². The van der Waals surface area contributed by atoms with Crippen LogP contribution >= 0.6 is 22.9 Å². The highest BCUT2D eigenvalue weighted by Crippen LogP contribution is 2.33. The molecule has 0 atom stereocenters. The summed E-state index contributed by atoms with van der Waals surface area (Å²) < 4.78 is 16.3. The highest BCUT2D eigenvalue weighted by molar-refractivity contribution is 7.13. The fourth-order valence-electron chi connectivity index (χ4n) is 2.74. The Hall–Kier alpha value is -2.77. The van der Waals surface area contributed by atoms with Crippen molar-refractivity contribution in [2.75, 3.05) is 34.4 Å². The van der Waals surface area contributed by atoms with Crippen molar-refractivity contribution in [3.63, 3.8) is 0 Å². The summed E-state index contributed by atoms with van der Waals surface area (Å²) in [6.07, 6.45) is 0.237. The number of benzene rings is 2. The van der Waals surface area contributed by atoms with Gasteiger partial charge < -0.3 is 19.1 Å². The first-order valence-electron chi connectivity index (χ1n) is 9.29. The third-order valence-corrected chi connectivity index (χ3v) is 5.64. The Morgan fingerprint density at radius 2 is 1.83 bits per heavy atom. The molecule has 0 aliphatic heterocycles. The van der Waals surface area contributed by atoms with E-state index >= 15 is 0 Å². The van der Waals surface area contributed by atoms with Crippen molar-refractivity contribution < 1.29 is 19.0 Å². The first kappa shape index (κ1) is 21.9. The molecule has 8 heteroatoms. The quantitative estimate of drug-likeness (QED) is 0.482. The minimum atomic E-state index is -0.0149. The van der Waals surface area contributed by atoms with Crippen LogP contribution in [0.4, 0.5) is 0 Å². The van der Waals surface area contributed by atoms with Crippen molar-refractivity contribution in [2.24, 2.45) is 0 Å². The van der Waals surface area contributed by atoms with Crippen LogP contribution in [0.1, 0.15) is 5.69 Å². The number of ether oxygens (including phenoxy) is 3. The maximum atomic E-state index is 12.5. The Kier molecular flexibility index (Phi) is 7.54. The first-order valence-corrected chi connectivity index (χ1v) is 10.5. The normalized spacial score (nSPS) is 10.5. The number of rotatable bonds is 9. The Balaban J connectivity index is 1.54. The molecule has 0 saturated heterocycles. The molecule has 0 aliphatic carbocycles. The number of nitrogens with zero attached hydrogens (tertiary/aromatic N) is 2. The fraction of sp³-hybridized carbons (Fsp3) is 0.273. The highest BCUT2D eigenvalue weighted by atomic mass is 35.5. The lowest BCUT2D eigenvalue weighted by atomic mass is 10.2. The monoisotopic (exact) mass is 446 g/mol. The number of aromatic nitrogens is 1. The Morgan fingerprint density at radius 1 is 1.10 bits per heavy atom. The second kappa shape index (κ2) is 10.3. The molecule has 3 rings (SSSR count). The summed E-state index contributed by atoms with van der Waals surface area (Å²) in [6, 6.07) is 12.8. The number of likely N-dealkylation sites (N-methyl/N-ethyl adjacent to an activating group) is 1. The van der Waals surface area contributed by atoms with Gasteiger partial charge in [0.15, 0.2) is 11.5 Å². The molecule has 0 aliphatic rings. The second-order valence-corrected chi connectivity index (χ2v) is 7.80. The van der Waals surface area contributed by atoms with Crippen molar-refractivity contribution in [1.82, 2.24) is 9.88 Å². The standard InChI is InChI=1S/C22H23ClN2O4S/c1-25(10-11-29-18-7-5-16(23)6-8-18)21(26)13-17-14-30-22(24-17)15-4-9-19(27-2)20(12-15)28-3/h4-9,12,14H,10-11,13H2,1-3H3. The van der Waals surface area contributed by atoms with E-state index in [1.807, 2.05) is 23.6 Å². The number of hydrogen-bond donors (Lipinski definition) is 0. The van der Waals surface area contributed by atoms with Crippen LogP contribution in [0.5, 0.6) is 17.2 Å². The van der Waals surface area contributed by atoms with E-state index in [1.165, 1.54) is 11.3 Å². The largest absolute Gasteiger partial charge is 0.493 e. The topological polar surface area (TPSA) is 60.9 Å². The van der Waals surface area contributed by atoms with Gasteiger partial charge in [0.2, 0.25) is 5.91 Å². The lowest BCUT2D eigenvalue weighted by Crippen LogP contribution is -2.32. The van der Waals surface area contributed by atoms with Crippen molar-refractivity contribution in [2.45, 2.75) is 6.42 Å². The minimum absolute atomic E-state index is 0.0149. The van der Waals surface area contributed by atoms with E-state index in [2.05, 4.69) is 4.98 Å². The number of methoxy groups -OCH3 is 2. The molecule has 1 heterocycles. The molecule has 0 saturated carbocycles. The molecule has 158 valence electrons. The average Bonchev–Trinajstić information content (AvgIpc) is 3.22. The van der Waals surface area contributed by atoms with Gasteiger partial charge in [-0.3, -0.25) is 4.79 Å². The maximum absolute atomic E-state index is 12.5. The summed E-state index contributed by atoms with van der Waals surface area (Å²) in [5.41, 5.74) is 1.65. The fourth-order valence-corrected chi connectivity index (χ4v) is 3.68. The van der Waals surface area contributed by atoms with Crippen molar-refractivity contribution in [3.05, 3.63) is 58.6 Å². The Bertz CT molecular complexity index is 991. The number of amides is 1. The SMILES string of the molecule is COc1ccc(-c2nc(CC(=O)N(C)CCOc3ccc(Cl)cc3)cs2)cc1OC. The van der Waals surface area contributed by atoms with E-state index in [9.17, 15) is 4.79 Å². The van der Waals surface area contributed by atoms with Crippen LogP contribution in [0, 0.1) is 0 Å². The van der Waals surface area contributed by atoms with Gasteiger partial charge >= 0.3 is 0 Å². The second-order valence-electron chi connectivity index (χ2n) is 6.51. The molecule has 1 amide bonds. The number of halogens is 1. The first-order chi connectivity index (χ1) is 14.5. The average molecular weight is 447 g/mol. The molecule has 2 aromatic carbocycles. The molecule has 0 unspecified atom stereocenters. The summed E-state index contributed by atoms with van der Waals surface area (Å²) in [5, 5.41) is 3.39. The number of carbonyl (C=O) groups is 1. The van der Waals surface area contributed by atoms with Gasteiger partial charge in [-0.25, -0.2) is 4.98 Å². The molecule has 1 aromatic heterocycles. The van der Waals surface area contributed by atoms with Gasteiger partial charge in [-0.1, -0.05) is 11.6 Å². The molecule has 0 N–H and O–H groups in total.